The Bertz CT molecular complexity index is 937. The number of aliphatic hydroxyl groups is 2. The van der Waals surface area contributed by atoms with Crippen molar-refractivity contribution in [1.82, 2.24) is 19.7 Å². The number of nitrogens with two attached hydrogens (primary N) is 1. The van der Waals surface area contributed by atoms with E-state index in [1.807, 2.05) is 6.07 Å². The van der Waals surface area contributed by atoms with Gasteiger partial charge < -0.3 is 25.4 Å². The Morgan fingerprint density at radius 2 is 2.32 bits per heavy atom. The molecule has 0 saturated carbocycles. The molecule has 4 heterocycles. The van der Waals surface area contributed by atoms with Crippen LogP contribution in [0.3, 0.4) is 0 Å². The van der Waals surface area contributed by atoms with Crippen LogP contribution in [0, 0.1) is 11.3 Å². The number of ether oxygens (including phenoxy) is 2. The average molecular weight is 390 g/mol. The highest BCUT2D eigenvalue weighted by molar-refractivity contribution is 5.67. The Hall–Kier alpha value is -2.98. The number of nitriles is 1. The minimum atomic E-state index is -1.94. The maximum absolute atomic E-state index is 11.9. The highest BCUT2D eigenvalue weighted by atomic mass is 16.7. The number of amides is 1. The van der Waals surface area contributed by atoms with Crippen molar-refractivity contribution in [3.8, 4) is 6.07 Å². The van der Waals surface area contributed by atoms with Gasteiger partial charge >= 0.3 is 6.09 Å². The predicted molar refractivity (Wildman–Crippen MR) is 90.2 cm³/mol. The number of hydrogen-bond acceptors (Lipinski definition) is 10. The standard InChI is InChI=1S/C16H18N6O6/c17-7-16(11-3-2-9-14(18)19-8-20-22(9)11)13(24)12(23)10(28-16)6-26-15(25)21-4-1-5-27-21/h2-3,8,10,12-13,23-24H,1,4-6H2,(H2,18,19,20)/t10-,12-,13-,16+/m1/s1. The van der Waals surface area contributed by atoms with E-state index in [0.29, 0.717) is 25.1 Å². The summed E-state index contributed by atoms with van der Waals surface area (Å²) in [5.74, 6) is 0.179. The molecule has 0 spiro atoms. The number of hydroxylamine groups is 2. The van der Waals surface area contributed by atoms with Gasteiger partial charge in [0.1, 0.15) is 42.8 Å². The van der Waals surface area contributed by atoms with Crippen molar-refractivity contribution in [1.29, 1.82) is 5.26 Å². The van der Waals surface area contributed by atoms with Crippen molar-refractivity contribution in [3.05, 3.63) is 24.2 Å². The van der Waals surface area contributed by atoms with Crippen molar-refractivity contribution in [2.75, 3.05) is 25.5 Å². The van der Waals surface area contributed by atoms with Crippen LogP contribution in [0.1, 0.15) is 12.1 Å². The summed E-state index contributed by atoms with van der Waals surface area (Å²) in [7, 11) is 0. The zero-order valence-electron chi connectivity index (χ0n) is 14.6. The predicted octanol–water partition coefficient (Wildman–Crippen LogP) is -1.08. The molecule has 2 aromatic heterocycles. The maximum Gasteiger partial charge on any atom is 0.434 e. The van der Waals surface area contributed by atoms with Gasteiger partial charge in [0.25, 0.3) is 0 Å². The smallest absolute Gasteiger partial charge is 0.434 e. The summed E-state index contributed by atoms with van der Waals surface area (Å²) in [4.78, 5) is 20.9. The summed E-state index contributed by atoms with van der Waals surface area (Å²) in [6, 6.07) is 4.99. The van der Waals surface area contributed by atoms with Crippen LogP contribution in [-0.2, 0) is 19.9 Å². The van der Waals surface area contributed by atoms with Crippen molar-refractivity contribution < 1.29 is 29.3 Å². The van der Waals surface area contributed by atoms with Crippen LogP contribution >= 0.6 is 0 Å². The first-order chi connectivity index (χ1) is 13.5. The lowest BCUT2D eigenvalue weighted by atomic mass is 9.92. The molecular weight excluding hydrogens is 372 g/mol. The van der Waals surface area contributed by atoms with Crippen LogP contribution in [0.5, 0.6) is 0 Å². The molecular formula is C16H18N6O6. The second-order valence-electron chi connectivity index (χ2n) is 6.47. The van der Waals surface area contributed by atoms with E-state index in [1.165, 1.54) is 16.9 Å². The van der Waals surface area contributed by atoms with Crippen LogP contribution < -0.4 is 5.73 Å². The van der Waals surface area contributed by atoms with Crippen molar-refractivity contribution in [2.45, 2.75) is 30.3 Å². The van der Waals surface area contributed by atoms with E-state index in [4.69, 9.17) is 20.0 Å². The Morgan fingerprint density at radius 3 is 3.04 bits per heavy atom. The van der Waals surface area contributed by atoms with E-state index < -0.39 is 30.0 Å². The molecule has 0 aliphatic carbocycles. The highest BCUT2D eigenvalue weighted by Gasteiger charge is 2.57. The Labute approximate surface area is 158 Å². The average Bonchev–Trinajstić information content (AvgIpc) is 3.42. The lowest BCUT2D eigenvalue weighted by Gasteiger charge is -2.24. The summed E-state index contributed by atoms with van der Waals surface area (Å²) in [5.41, 5.74) is 4.45. The number of nitrogens with zero attached hydrogens (tertiary/aromatic N) is 5. The topological polar surface area (TPSA) is 168 Å². The number of aliphatic hydroxyl groups excluding tert-OH is 2. The molecule has 28 heavy (non-hydrogen) atoms. The zero-order chi connectivity index (χ0) is 19.9. The van der Waals surface area contributed by atoms with Gasteiger partial charge in [-0.05, 0) is 18.6 Å². The second-order valence-corrected chi connectivity index (χ2v) is 6.47. The summed E-state index contributed by atoms with van der Waals surface area (Å²) in [6.07, 6.45) is -3.06. The molecule has 2 fully saturated rings. The van der Waals surface area contributed by atoms with Crippen molar-refractivity contribution >= 4 is 17.4 Å². The summed E-state index contributed by atoms with van der Waals surface area (Å²) >= 11 is 0. The third-order valence-electron chi connectivity index (χ3n) is 4.81. The maximum atomic E-state index is 11.9. The van der Waals surface area contributed by atoms with E-state index in [9.17, 15) is 20.3 Å². The molecule has 12 nitrogen and oxygen atoms in total. The largest absolute Gasteiger partial charge is 0.445 e. The molecule has 2 saturated heterocycles. The first kappa shape index (κ1) is 18.4. The number of hydrogen-bond donors (Lipinski definition) is 3. The van der Waals surface area contributed by atoms with Crippen LogP contribution in [0.25, 0.3) is 5.52 Å². The molecule has 4 atom stereocenters. The molecule has 0 aromatic carbocycles. The van der Waals surface area contributed by atoms with Gasteiger partial charge in [-0.2, -0.15) is 15.4 Å². The quantitative estimate of drug-likeness (QED) is 0.586. The Balaban J connectivity index is 1.58. The molecule has 0 radical (unpaired) electrons. The highest BCUT2D eigenvalue weighted by Crippen LogP contribution is 2.40. The fourth-order valence-corrected chi connectivity index (χ4v) is 3.37. The number of fused-ring (bicyclic) bond motifs is 1. The number of aromatic nitrogens is 3. The van der Waals surface area contributed by atoms with Crippen LogP contribution in [0.2, 0.25) is 0 Å². The van der Waals surface area contributed by atoms with Gasteiger partial charge in [-0.1, -0.05) is 0 Å². The molecule has 4 rings (SSSR count). The van der Waals surface area contributed by atoms with Crippen molar-refractivity contribution in [3.63, 3.8) is 0 Å². The molecule has 12 heteroatoms. The number of rotatable bonds is 3. The normalized spacial score (nSPS) is 29.9. The molecule has 1 amide bonds. The molecule has 2 aromatic rings. The zero-order valence-corrected chi connectivity index (χ0v) is 14.6. The molecule has 148 valence electrons. The van der Waals surface area contributed by atoms with E-state index in [0.717, 1.165) is 5.06 Å². The van der Waals surface area contributed by atoms with Crippen LogP contribution in [-0.4, -0.2) is 74.0 Å². The summed E-state index contributed by atoms with van der Waals surface area (Å²) < 4.78 is 12.1. The number of nitrogen functional groups attached to an aromatic ring is 1. The van der Waals surface area contributed by atoms with E-state index >= 15 is 0 Å². The molecule has 2 aliphatic rings. The SMILES string of the molecule is N#C[C@@]1(c2ccc3c(N)ncnn23)O[C@H](COC(=O)N2CCCO2)[C@@H](O)[C@H]1O. The van der Waals surface area contributed by atoms with Crippen molar-refractivity contribution in [2.24, 2.45) is 0 Å². The molecule has 2 aliphatic heterocycles. The van der Waals surface area contributed by atoms with Crippen LogP contribution in [0.4, 0.5) is 10.6 Å². The van der Waals surface area contributed by atoms with Gasteiger partial charge in [-0.25, -0.2) is 14.3 Å². The van der Waals surface area contributed by atoms with Crippen LogP contribution in [0.15, 0.2) is 18.5 Å². The second kappa shape index (κ2) is 6.88. The minimum Gasteiger partial charge on any atom is -0.445 e. The molecule has 4 N–H and O–H groups in total. The Morgan fingerprint density at radius 1 is 1.50 bits per heavy atom. The summed E-state index contributed by atoms with van der Waals surface area (Å²) in [5, 5.41) is 35.9. The molecule has 0 bridgehead atoms. The first-order valence-electron chi connectivity index (χ1n) is 8.59. The third-order valence-corrected chi connectivity index (χ3v) is 4.81. The fraction of sp³-hybridized carbons (Fsp3) is 0.500. The van der Waals surface area contributed by atoms with Gasteiger partial charge in [0.2, 0.25) is 5.60 Å². The van der Waals surface area contributed by atoms with E-state index in [-0.39, 0.29) is 18.1 Å². The Kier molecular flexibility index (Phi) is 4.52. The number of carbonyl (C=O) groups is 1. The van der Waals surface area contributed by atoms with Gasteiger partial charge in [-0.15, -0.1) is 0 Å². The minimum absolute atomic E-state index is 0.169. The number of carbonyl (C=O) groups excluding carboxylic acids is 1. The first-order valence-corrected chi connectivity index (χ1v) is 8.59. The van der Waals surface area contributed by atoms with Gasteiger partial charge in [0.15, 0.2) is 5.82 Å². The lowest BCUT2D eigenvalue weighted by Crippen LogP contribution is -2.41. The van der Waals surface area contributed by atoms with Gasteiger partial charge in [0, 0.05) is 0 Å². The van der Waals surface area contributed by atoms with E-state index in [1.54, 1.807) is 6.07 Å². The summed E-state index contributed by atoms with van der Waals surface area (Å²) in [6.45, 7) is 0.440. The fourth-order valence-electron chi connectivity index (χ4n) is 3.37. The third kappa shape index (κ3) is 2.72. The monoisotopic (exact) mass is 390 g/mol. The lowest BCUT2D eigenvalue weighted by molar-refractivity contribution is -0.107. The van der Waals surface area contributed by atoms with Gasteiger partial charge in [0.05, 0.1) is 18.8 Å². The number of anilines is 1. The van der Waals surface area contributed by atoms with Gasteiger partial charge in [-0.3, -0.25) is 4.84 Å². The molecule has 0 unspecified atom stereocenters. The van der Waals surface area contributed by atoms with E-state index in [2.05, 4.69) is 10.1 Å².